The van der Waals surface area contributed by atoms with E-state index in [-0.39, 0.29) is 30.8 Å². The fourth-order valence-electron chi connectivity index (χ4n) is 5.42. The number of aldehydes is 1. The van der Waals surface area contributed by atoms with Gasteiger partial charge in [-0.25, -0.2) is 8.78 Å². The molecule has 4 aliphatic heterocycles. The largest absolute Gasteiger partial charge is 0.454 e. The number of halogens is 3. The first-order valence-corrected chi connectivity index (χ1v) is 19.4. The van der Waals surface area contributed by atoms with E-state index < -0.39 is 5.82 Å². The third-order valence-electron chi connectivity index (χ3n) is 8.65. The summed E-state index contributed by atoms with van der Waals surface area (Å²) in [5, 5.41) is 0. The summed E-state index contributed by atoms with van der Waals surface area (Å²) in [6, 6.07) is 31.7. The summed E-state index contributed by atoms with van der Waals surface area (Å²) < 4.78 is 67.9. The number of rotatable bonds is 5. The van der Waals surface area contributed by atoms with E-state index in [4.69, 9.17) is 49.4 Å². The Morgan fingerprint density at radius 3 is 1.16 bits per heavy atom. The van der Waals surface area contributed by atoms with E-state index in [2.05, 4.69) is 13.2 Å². The van der Waals surface area contributed by atoms with Gasteiger partial charge in [-0.15, -0.1) is 0 Å². The fourth-order valence-corrected chi connectivity index (χ4v) is 5.88. The van der Waals surface area contributed by atoms with Crippen molar-refractivity contribution >= 4 is 64.6 Å². The zero-order valence-electron chi connectivity index (χ0n) is 32.5. The number of hydrogen-bond acceptors (Lipinski definition) is 11. The minimum Gasteiger partial charge on any atom is -0.454 e. The summed E-state index contributed by atoms with van der Waals surface area (Å²) >= 11 is 2.03. The number of hydrogen-bond donors (Lipinski definition) is 2. The Kier molecular flexibility index (Phi) is 15.1. The molecular weight excluding hydrogens is 901 g/mol. The molecule has 61 heavy (non-hydrogen) atoms. The lowest BCUT2D eigenvalue weighted by atomic mass is 10.1. The van der Waals surface area contributed by atoms with Crippen LogP contribution < -0.4 is 49.4 Å². The van der Waals surface area contributed by atoms with Crippen LogP contribution in [0.5, 0.6) is 46.0 Å². The van der Waals surface area contributed by atoms with Gasteiger partial charge in [-0.1, -0.05) is 61.7 Å². The quantitative estimate of drug-likeness (QED) is 0.0738. The van der Waals surface area contributed by atoms with Crippen LogP contribution in [0.3, 0.4) is 0 Å². The van der Waals surface area contributed by atoms with Gasteiger partial charge >= 0.3 is 0 Å². The first-order valence-electron chi connectivity index (χ1n) is 18.3. The molecule has 0 saturated heterocycles. The molecule has 4 heterocycles. The summed E-state index contributed by atoms with van der Waals surface area (Å²) in [4.78, 5) is 10.3. The molecule has 6 aromatic rings. The minimum atomic E-state index is -0.409. The zero-order chi connectivity index (χ0) is 43.1. The van der Waals surface area contributed by atoms with E-state index in [1.807, 2.05) is 89.3 Å². The summed E-state index contributed by atoms with van der Waals surface area (Å²) in [6.07, 6.45) is 8.04. The maximum atomic E-state index is 13.3. The summed E-state index contributed by atoms with van der Waals surface area (Å²) in [5.41, 5.74) is 15.4. The lowest BCUT2D eigenvalue weighted by Gasteiger charge is -1.99. The lowest BCUT2D eigenvalue weighted by molar-refractivity contribution is 0.112. The highest BCUT2D eigenvalue weighted by Crippen LogP contribution is 2.35. The Balaban J connectivity index is 0.000000131. The summed E-state index contributed by atoms with van der Waals surface area (Å²) in [6.45, 7) is 8.48. The number of benzene rings is 6. The fraction of sp³-hybridized carbons (Fsp3) is 0.0851. The molecule has 0 atom stereocenters. The second kappa shape index (κ2) is 21.2. The monoisotopic (exact) mass is 940 g/mol. The van der Waals surface area contributed by atoms with Crippen LogP contribution in [0.1, 0.15) is 32.6 Å². The highest BCUT2D eigenvalue weighted by atomic mass is 127. The van der Waals surface area contributed by atoms with E-state index in [0.29, 0.717) is 30.6 Å². The Hall–Kier alpha value is -7.20. The second-order valence-electron chi connectivity index (χ2n) is 12.8. The zero-order valence-corrected chi connectivity index (χ0v) is 34.6. The maximum absolute atomic E-state index is 13.3. The molecule has 0 spiro atoms. The van der Waals surface area contributed by atoms with Gasteiger partial charge in [0.25, 0.3) is 0 Å². The number of ether oxygens (including phenoxy) is 8. The number of anilines is 2. The van der Waals surface area contributed by atoms with E-state index in [1.165, 1.54) is 12.1 Å². The van der Waals surface area contributed by atoms with Gasteiger partial charge in [0.15, 0.2) is 46.0 Å². The van der Waals surface area contributed by atoms with Crippen LogP contribution in [-0.2, 0) is 0 Å². The molecule has 0 aromatic heterocycles. The van der Waals surface area contributed by atoms with Gasteiger partial charge in [-0.05, 0) is 130 Å². The number of carbonyl (C=O) groups is 1. The van der Waals surface area contributed by atoms with Crippen molar-refractivity contribution in [2.24, 2.45) is 0 Å². The van der Waals surface area contributed by atoms with E-state index in [9.17, 15) is 13.6 Å². The predicted molar refractivity (Wildman–Crippen MR) is 239 cm³/mol. The molecule has 0 unspecified atom stereocenters. The van der Waals surface area contributed by atoms with Crippen LogP contribution in [0.4, 0.5) is 20.2 Å². The minimum absolute atomic E-state index is 0.153. The molecule has 312 valence electrons. The molecule has 11 nitrogen and oxygen atoms in total. The van der Waals surface area contributed by atoms with Gasteiger partial charge in [0, 0.05) is 9.13 Å². The molecule has 0 amide bonds. The van der Waals surface area contributed by atoms with Gasteiger partial charge in [0.05, 0.1) is 11.4 Å². The van der Waals surface area contributed by atoms with Gasteiger partial charge in [0.2, 0.25) is 27.2 Å². The number of carbonyl (C=O) groups excluding carboxylic acids is 1. The highest BCUT2D eigenvalue weighted by molar-refractivity contribution is 14.1. The number of nitrogens with two attached hydrogens (primary N) is 2. The van der Waals surface area contributed by atoms with Crippen molar-refractivity contribution in [3.63, 3.8) is 0 Å². The van der Waals surface area contributed by atoms with Crippen LogP contribution in [0, 0.1) is 15.2 Å². The number of fused-ring (bicyclic) bond motifs is 4. The first-order chi connectivity index (χ1) is 29.6. The molecule has 0 bridgehead atoms. The van der Waals surface area contributed by atoms with Crippen molar-refractivity contribution in [1.82, 2.24) is 0 Å². The van der Waals surface area contributed by atoms with Crippen molar-refractivity contribution in [2.45, 2.75) is 0 Å². The normalized spacial score (nSPS) is 12.6. The third-order valence-corrected chi connectivity index (χ3v) is 9.32. The number of nitrogen functional groups attached to an aromatic ring is 2. The molecule has 0 saturated carbocycles. The average molecular weight is 941 g/mol. The van der Waals surface area contributed by atoms with Crippen LogP contribution >= 0.6 is 22.6 Å². The first kappa shape index (κ1) is 43.4. The molecule has 4 N–H and O–H groups in total. The van der Waals surface area contributed by atoms with Gasteiger partial charge < -0.3 is 49.4 Å². The van der Waals surface area contributed by atoms with Gasteiger partial charge in [-0.3, -0.25) is 4.79 Å². The lowest BCUT2D eigenvalue weighted by Crippen LogP contribution is -1.92. The Morgan fingerprint density at radius 1 is 0.443 bits per heavy atom. The Morgan fingerprint density at radius 2 is 0.770 bits per heavy atom. The van der Waals surface area contributed by atoms with Crippen molar-refractivity contribution in [2.75, 3.05) is 38.6 Å². The van der Waals surface area contributed by atoms with Crippen molar-refractivity contribution in [1.29, 1.82) is 0 Å². The Labute approximate surface area is 364 Å². The SMILES string of the molecule is C=Cc1ccc2c(c1)OCO2.C=Cc1ccc2c(c1)OCO2.Nc1ccc(/C=C/c2ccc3c(c2)OCO3)cc1F.Nc1ccc(I)cc1F.O=Cc1ccc2c(c1)OCO2. The standard InChI is InChI=1S/C15H12FNO2.2C9H8O2.C8H6O3.C6H5FIN/c16-12-7-10(3-5-13(12)17)1-2-11-4-6-14-15(8-11)19-9-18-14;2*1-2-7-3-4-8-9(5-7)11-6-10-8;9-4-6-1-2-7-8(3-6)11-5-10-7;7-5-3-4(8)1-2-6(5)9/h1-8H,9,17H2;2*2-5H,1,6H2;1-4H,5H2;1-3H,9H2/b2-1+;;;;. The molecule has 14 heteroatoms. The van der Waals surface area contributed by atoms with Gasteiger partial charge in [0.1, 0.15) is 17.9 Å². The molecule has 0 aliphatic carbocycles. The maximum Gasteiger partial charge on any atom is 0.231 e. The topological polar surface area (TPSA) is 143 Å². The molecular formula is C47H39F2IN2O9. The summed E-state index contributed by atoms with van der Waals surface area (Å²) in [7, 11) is 0. The average Bonchev–Trinajstić information content (AvgIpc) is 4.13. The molecule has 0 radical (unpaired) electrons. The predicted octanol–water partition coefficient (Wildman–Crippen LogP) is 10.7. The van der Waals surface area contributed by atoms with E-state index in [0.717, 1.165) is 66.6 Å². The molecule has 10 rings (SSSR count). The van der Waals surface area contributed by atoms with Gasteiger partial charge in [-0.2, -0.15) is 0 Å². The molecule has 0 fully saturated rings. The third kappa shape index (κ3) is 12.2. The van der Waals surface area contributed by atoms with E-state index in [1.54, 1.807) is 54.6 Å². The van der Waals surface area contributed by atoms with Crippen LogP contribution in [-0.4, -0.2) is 33.5 Å². The second-order valence-corrected chi connectivity index (χ2v) is 14.0. The van der Waals surface area contributed by atoms with E-state index >= 15 is 0 Å². The van der Waals surface area contributed by atoms with Crippen molar-refractivity contribution < 1.29 is 51.5 Å². The smallest absolute Gasteiger partial charge is 0.231 e. The Bertz CT molecular complexity index is 2400. The molecule has 4 aliphatic rings. The summed E-state index contributed by atoms with van der Waals surface area (Å²) in [5.74, 6) is 5.32. The van der Waals surface area contributed by atoms with Crippen LogP contribution in [0.2, 0.25) is 0 Å². The van der Waals surface area contributed by atoms with Crippen molar-refractivity contribution in [3.05, 3.63) is 165 Å². The van der Waals surface area contributed by atoms with Crippen LogP contribution in [0.25, 0.3) is 24.3 Å². The van der Waals surface area contributed by atoms with Crippen molar-refractivity contribution in [3.8, 4) is 46.0 Å². The van der Waals surface area contributed by atoms with Crippen LogP contribution in [0.15, 0.2) is 122 Å². The molecule has 6 aromatic carbocycles. The highest BCUT2D eigenvalue weighted by Gasteiger charge is 2.15.